The molecule has 0 aliphatic carbocycles. The van der Waals surface area contributed by atoms with E-state index in [0.717, 1.165) is 5.56 Å². The summed E-state index contributed by atoms with van der Waals surface area (Å²) in [5.74, 6) is -1.22. The number of aromatic nitrogens is 1. The van der Waals surface area contributed by atoms with E-state index < -0.39 is 26.3 Å². The number of hydrogen-bond acceptors (Lipinski definition) is 4. The van der Waals surface area contributed by atoms with E-state index in [4.69, 9.17) is 9.16 Å². The Morgan fingerprint density at radius 3 is 2.44 bits per heavy atom. The number of aryl methyl sites for hydroxylation is 1. The van der Waals surface area contributed by atoms with Gasteiger partial charge in [-0.3, -0.25) is 4.79 Å². The summed E-state index contributed by atoms with van der Waals surface area (Å²) >= 11 is 0. The number of esters is 1. The molecule has 0 aliphatic rings. The molecular formula is C27H34FNO4Si. The van der Waals surface area contributed by atoms with Crippen LogP contribution in [0, 0.1) is 11.2 Å². The predicted octanol–water partition coefficient (Wildman–Crippen LogP) is 6.09. The fourth-order valence-corrected chi connectivity index (χ4v) is 5.28. The van der Waals surface area contributed by atoms with Gasteiger partial charge < -0.3 is 13.7 Å². The zero-order valence-corrected chi connectivity index (χ0v) is 22.2. The van der Waals surface area contributed by atoms with Crippen LogP contribution in [0.5, 0.6) is 0 Å². The van der Waals surface area contributed by atoms with Crippen molar-refractivity contribution in [1.82, 2.24) is 4.57 Å². The fourth-order valence-electron chi connectivity index (χ4n) is 4.17. The molecule has 7 heteroatoms. The Labute approximate surface area is 202 Å². The monoisotopic (exact) mass is 483 g/mol. The second kappa shape index (κ2) is 10.2. The van der Waals surface area contributed by atoms with Gasteiger partial charge in [0.05, 0.1) is 18.2 Å². The quantitative estimate of drug-likeness (QED) is 0.301. The van der Waals surface area contributed by atoms with Crippen LogP contribution in [0.4, 0.5) is 4.39 Å². The highest BCUT2D eigenvalue weighted by atomic mass is 28.3. The Balaban J connectivity index is 2.19. The first-order valence-corrected chi connectivity index (χ1v) is 14.6. The topological polar surface area (TPSA) is 57.5 Å². The van der Waals surface area contributed by atoms with Crippen molar-refractivity contribution >= 4 is 25.9 Å². The van der Waals surface area contributed by atoms with Crippen LogP contribution in [0.25, 0.3) is 22.0 Å². The van der Waals surface area contributed by atoms with E-state index in [-0.39, 0.29) is 29.1 Å². The van der Waals surface area contributed by atoms with Crippen molar-refractivity contribution in [3.05, 3.63) is 69.8 Å². The molecule has 0 radical (unpaired) electrons. The minimum atomic E-state index is -1.32. The largest absolute Gasteiger partial charge is 0.462 e. The highest BCUT2D eigenvalue weighted by Gasteiger charge is 2.28. The molecule has 0 N–H and O–H groups in total. The third-order valence-corrected chi connectivity index (χ3v) is 6.52. The molecule has 0 amide bonds. The summed E-state index contributed by atoms with van der Waals surface area (Å²) in [7, 11) is -1.32. The van der Waals surface area contributed by atoms with Gasteiger partial charge in [-0.05, 0) is 61.7 Å². The molecule has 3 rings (SSSR count). The molecule has 1 unspecified atom stereocenters. The van der Waals surface area contributed by atoms with Gasteiger partial charge in [0.1, 0.15) is 11.4 Å². The second-order valence-electron chi connectivity index (χ2n) is 9.78. The van der Waals surface area contributed by atoms with E-state index in [0.29, 0.717) is 23.2 Å². The summed E-state index contributed by atoms with van der Waals surface area (Å²) in [6, 6.07) is 10.7. The van der Waals surface area contributed by atoms with Crippen LogP contribution < -0.4 is 5.43 Å². The number of hydrogen-bond donors (Lipinski definition) is 0. The highest BCUT2D eigenvalue weighted by Crippen LogP contribution is 2.38. The maximum Gasteiger partial charge on any atom is 0.343 e. The zero-order valence-electron chi connectivity index (χ0n) is 21.1. The molecule has 1 heterocycles. The van der Waals surface area contributed by atoms with Crippen molar-refractivity contribution in [3.8, 4) is 11.1 Å². The smallest absolute Gasteiger partial charge is 0.343 e. The van der Waals surface area contributed by atoms with Crippen LogP contribution in [0.15, 0.2) is 47.4 Å². The molecule has 0 aliphatic heterocycles. The third kappa shape index (κ3) is 5.31. The van der Waals surface area contributed by atoms with Gasteiger partial charge in [-0.15, -0.1) is 0 Å². The van der Waals surface area contributed by atoms with Crippen molar-refractivity contribution in [3.63, 3.8) is 0 Å². The molecule has 5 nitrogen and oxygen atoms in total. The Morgan fingerprint density at radius 2 is 1.85 bits per heavy atom. The van der Waals surface area contributed by atoms with Crippen molar-refractivity contribution < 1.29 is 18.3 Å². The minimum absolute atomic E-state index is 0.0895. The molecule has 0 bridgehead atoms. The lowest BCUT2D eigenvalue weighted by Gasteiger charge is -2.33. The zero-order chi connectivity index (χ0) is 25.2. The van der Waals surface area contributed by atoms with Crippen LogP contribution in [0.3, 0.4) is 0 Å². The number of carbonyl (C=O) groups excluding carboxylic acids is 1. The lowest BCUT2D eigenvalue weighted by Crippen LogP contribution is -2.25. The summed E-state index contributed by atoms with van der Waals surface area (Å²) in [5.41, 5.74) is 1.94. The standard InChI is InChI=1S/C27H34FNO4Si/c1-8-29-16-21(26(31)32-9-2)24(30)20-14-22(28)19(15-23(20)29)17-11-10-12-18(13-17)25(27(3,4)5)33-34(6)7/h10-16,25,34H,8-9H2,1-7H3. The van der Waals surface area contributed by atoms with Crippen LogP contribution in [0.1, 0.15) is 56.6 Å². The van der Waals surface area contributed by atoms with Gasteiger partial charge >= 0.3 is 5.97 Å². The molecule has 1 atom stereocenters. The van der Waals surface area contributed by atoms with Crippen LogP contribution in [-0.2, 0) is 15.7 Å². The first-order valence-electron chi connectivity index (χ1n) is 11.8. The molecule has 3 aromatic rings. The summed E-state index contributed by atoms with van der Waals surface area (Å²) in [5, 5.41) is 0.159. The maximum absolute atomic E-state index is 15.4. The van der Waals surface area contributed by atoms with Gasteiger partial charge in [0.15, 0.2) is 9.04 Å². The van der Waals surface area contributed by atoms with E-state index >= 15 is 4.39 Å². The van der Waals surface area contributed by atoms with Gasteiger partial charge in [-0.25, -0.2) is 9.18 Å². The Kier molecular flexibility index (Phi) is 7.78. The number of nitrogens with zero attached hydrogens (tertiary/aromatic N) is 1. The van der Waals surface area contributed by atoms with Crippen LogP contribution >= 0.6 is 0 Å². The molecule has 0 saturated carbocycles. The molecule has 0 fully saturated rings. The Hall–Kier alpha value is -2.77. The number of halogens is 1. The Bertz CT molecular complexity index is 1260. The van der Waals surface area contributed by atoms with Gasteiger partial charge in [0, 0.05) is 23.7 Å². The molecule has 182 valence electrons. The number of fused-ring (bicyclic) bond motifs is 1. The molecular weight excluding hydrogens is 449 g/mol. The number of ether oxygens (including phenoxy) is 1. The Morgan fingerprint density at radius 1 is 1.15 bits per heavy atom. The average Bonchev–Trinajstić information content (AvgIpc) is 2.77. The second-order valence-corrected chi connectivity index (χ2v) is 12.2. The lowest BCUT2D eigenvalue weighted by molar-refractivity contribution is 0.0524. The predicted molar refractivity (Wildman–Crippen MR) is 137 cm³/mol. The van der Waals surface area contributed by atoms with E-state index in [1.54, 1.807) is 17.6 Å². The van der Waals surface area contributed by atoms with Gasteiger partial charge in [-0.2, -0.15) is 0 Å². The van der Waals surface area contributed by atoms with Crippen molar-refractivity contribution in [1.29, 1.82) is 0 Å². The van der Waals surface area contributed by atoms with Gasteiger partial charge in [0.2, 0.25) is 5.43 Å². The molecule has 34 heavy (non-hydrogen) atoms. The lowest BCUT2D eigenvalue weighted by atomic mass is 9.84. The maximum atomic E-state index is 15.4. The summed E-state index contributed by atoms with van der Waals surface area (Å²) in [6.07, 6.45) is 1.39. The normalized spacial score (nSPS) is 12.9. The van der Waals surface area contributed by atoms with Gasteiger partial charge in [-0.1, -0.05) is 39.0 Å². The van der Waals surface area contributed by atoms with E-state index in [1.165, 1.54) is 12.3 Å². The van der Waals surface area contributed by atoms with E-state index in [2.05, 4.69) is 33.9 Å². The van der Waals surface area contributed by atoms with Crippen molar-refractivity contribution in [2.75, 3.05) is 6.61 Å². The van der Waals surface area contributed by atoms with Crippen molar-refractivity contribution in [2.45, 2.75) is 60.4 Å². The number of pyridine rings is 1. The molecule has 0 spiro atoms. The fraction of sp³-hybridized carbons (Fsp3) is 0.407. The SMILES string of the molecule is CCOC(=O)c1cn(CC)c2cc(-c3cccc(C(O[SiH](C)C)C(C)(C)C)c3)c(F)cc2c1=O. The van der Waals surface area contributed by atoms with Crippen LogP contribution in [-0.4, -0.2) is 26.2 Å². The first-order chi connectivity index (χ1) is 16.0. The summed E-state index contributed by atoms with van der Waals surface area (Å²) < 4.78 is 28.5. The number of benzene rings is 2. The van der Waals surface area contributed by atoms with E-state index in [9.17, 15) is 9.59 Å². The van der Waals surface area contributed by atoms with E-state index in [1.807, 2.05) is 31.2 Å². The van der Waals surface area contributed by atoms with Gasteiger partial charge in [0.25, 0.3) is 0 Å². The minimum Gasteiger partial charge on any atom is -0.462 e. The number of carbonyl (C=O) groups is 1. The van der Waals surface area contributed by atoms with Crippen molar-refractivity contribution in [2.24, 2.45) is 5.41 Å². The number of rotatable bonds is 7. The average molecular weight is 484 g/mol. The summed E-state index contributed by atoms with van der Waals surface area (Å²) in [4.78, 5) is 25.2. The summed E-state index contributed by atoms with van der Waals surface area (Å²) in [6.45, 7) is 14.9. The third-order valence-electron chi connectivity index (χ3n) is 5.70. The molecule has 2 aromatic carbocycles. The molecule has 1 aromatic heterocycles. The first kappa shape index (κ1) is 25.8. The highest BCUT2D eigenvalue weighted by molar-refractivity contribution is 6.48. The van der Waals surface area contributed by atoms with Crippen LogP contribution in [0.2, 0.25) is 13.1 Å². The molecule has 0 saturated heterocycles.